The van der Waals surface area contributed by atoms with E-state index in [1.807, 2.05) is 12.1 Å². The molecule has 2 aromatic rings. The molecule has 2 rings (SSSR count). The summed E-state index contributed by atoms with van der Waals surface area (Å²) in [6.07, 6.45) is 4.55. The van der Waals surface area contributed by atoms with E-state index in [1.165, 1.54) is 12.8 Å². The third kappa shape index (κ3) is 4.51. The molecule has 5 heteroatoms. The lowest BCUT2D eigenvalue weighted by molar-refractivity contribution is -0.147. The number of aromatic nitrogens is 1. The van der Waals surface area contributed by atoms with Crippen LogP contribution in [0.3, 0.4) is 0 Å². The molecule has 0 fully saturated rings. The number of carboxylic acids is 1. The van der Waals surface area contributed by atoms with Crippen molar-refractivity contribution in [3.05, 3.63) is 53.4 Å². The highest BCUT2D eigenvalue weighted by Crippen LogP contribution is 2.32. The highest BCUT2D eigenvalue weighted by atomic mass is 35.5. The van der Waals surface area contributed by atoms with E-state index < -0.39 is 12.1 Å². The number of rotatable bonds is 9. The molecular weight excluding hydrogens is 338 g/mol. The van der Waals surface area contributed by atoms with Gasteiger partial charge in [-0.3, -0.25) is 4.98 Å². The Morgan fingerprint density at radius 3 is 2.76 bits per heavy atom. The van der Waals surface area contributed by atoms with Crippen molar-refractivity contribution in [1.29, 1.82) is 0 Å². The Morgan fingerprint density at radius 1 is 1.36 bits per heavy atom. The molecule has 0 saturated heterocycles. The number of ether oxygens (including phenoxy) is 1. The molecule has 1 N–H and O–H groups in total. The molecule has 0 amide bonds. The third-order valence-electron chi connectivity index (χ3n) is 4.34. The molecule has 2 unspecified atom stereocenters. The summed E-state index contributed by atoms with van der Waals surface area (Å²) in [5.41, 5.74) is 1.99. The SMILES string of the molecule is C=COC(C(=O)O)c1ccc(Cl)c2ccc(C(C)CCCCC)nc12. The number of hydrogen-bond donors (Lipinski definition) is 1. The number of aliphatic carboxylic acids is 1. The van der Waals surface area contributed by atoms with Gasteiger partial charge in [-0.1, -0.05) is 57.4 Å². The Morgan fingerprint density at radius 2 is 2.12 bits per heavy atom. The highest BCUT2D eigenvalue weighted by molar-refractivity contribution is 6.35. The first-order valence-corrected chi connectivity index (χ1v) is 8.95. The zero-order valence-electron chi connectivity index (χ0n) is 14.7. The summed E-state index contributed by atoms with van der Waals surface area (Å²) in [5.74, 6) is -0.793. The number of fused-ring (bicyclic) bond motifs is 1. The van der Waals surface area contributed by atoms with Gasteiger partial charge >= 0.3 is 5.97 Å². The van der Waals surface area contributed by atoms with Crippen molar-refractivity contribution < 1.29 is 14.6 Å². The Kier molecular flexibility index (Phi) is 6.82. The molecule has 0 aliphatic carbocycles. The molecule has 1 aromatic carbocycles. The standard InChI is InChI=1S/C20H24ClNO3/c1-4-6-7-8-13(3)17-12-10-14-16(21)11-9-15(18(14)22-17)19(20(23)24)25-5-2/h5,9-13,19H,2,4,6-8H2,1,3H3,(H,23,24). The molecule has 0 bridgehead atoms. The van der Waals surface area contributed by atoms with E-state index >= 15 is 0 Å². The van der Waals surface area contributed by atoms with E-state index in [2.05, 4.69) is 20.4 Å². The van der Waals surface area contributed by atoms with E-state index in [4.69, 9.17) is 21.3 Å². The van der Waals surface area contributed by atoms with Crippen LogP contribution < -0.4 is 0 Å². The predicted molar refractivity (Wildman–Crippen MR) is 101 cm³/mol. The topological polar surface area (TPSA) is 59.4 Å². The maximum absolute atomic E-state index is 11.6. The quantitative estimate of drug-likeness (QED) is 0.449. The number of halogens is 1. The van der Waals surface area contributed by atoms with Crippen molar-refractivity contribution in [2.24, 2.45) is 0 Å². The average Bonchev–Trinajstić information content (AvgIpc) is 2.60. The van der Waals surface area contributed by atoms with Gasteiger partial charge < -0.3 is 9.84 Å². The molecule has 2 atom stereocenters. The normalized spacial score (nSPS) is 13.4. The molecule has 4 nitrogen and oxygen atoms in total. The van der Waals surface area contributed by atoms with Gasteiger partial charge in [-0.2, -0.15) is 0 Å². The van der Waals surface area contributed by atoms with Crippen LogP contribution in [-0.2, 0) is 9.53 Å². The monoisotopic (exact) mass is 361 g/mol. The van der Waals surface area contributed by atoms with Crippen LogP contribution in [0.2, 0.25) is 5.02 Å². The minimum atomic E-state index is -1.16. The Bertz CT molecular complexity index is 760. The Balaban J connectivity index is 2.48. The second-order valence-corrected chi connectivity index (χ2v) is 6.59. The van der Waals surface area contributed by atoms with Gasteiger partial charge in [0.05, 0.1) is 11.8 Å². The van der Waals surface area contributed by atoms with Gasteiger partial charge in [-0.05, 0) is 30.5 Å². The molecule has 0 aliphatic heterocycles. The van der Waals surface area contributed by atoms with Crippen LogP contribution >= 0.6 is 11.6 Å². The number of nitrogens with zero attached hydrogens (tertiary/aromatic N) is 1. The predicted octanol–water partition coefficient (Wildman–Crippen LogP) is 5.86. The molecular formula is C20H24ClNO3. The van der Waals surface area contributed by atoms with Gasteiger partial charge in [0.2, 0.25) is 6.10 Å². The number of carbonyl (C=O) groups is 1. The fourth-order valence-electron chi connectivity index (χ4n) is 2.91. The van der Waals surface area contributed by atoms with E-state index in [-0.39, 0.29) is 0 Å². The molecule has 0 spiro atoms. The maximum Gasteiger partial charge on any atom is 0.349 e. The minimum absolute atomic E-state index is 0.298. The Labute approximate surface area is 153 Å². The van der Waals surface area contributed by atoms with E-state index in [0.717, 1.165) is 30.2 Å². The largest absolute Gasteiger partial charge is 0.482 e. The van der Waals surface area contributed by atoms with Crippen LogP contribution in [0, 0.1) is 0 Å². The first kappa shape index (κ1) is 19.3. The zero-order chi connectivity index (χ0) is 18.4. The smallest absolute Gasteiger partial charge is 0.349 e. The van der Waals surface area contributed by atoms with Crippen molar-refractivity contribution in [3.63, 3.8) is 0 Å². The minimum Gasteiger partial charge on any atom is -0.482 e. The lowest BCUT2D eigenvalue weighted by Crippen LogP contribution is -2.14. The van der Waals surface area contributed by atoms with Crippen molar-refractivity contribution in [2.75, 3.05) is 0 Å². The summed E-state index contributed by atoms with van der Waals surface area (Å²) in [7, 11) is 0. The van der Waals surface area contributed by atoms with Gasteiger partial charge in [-0.15, -0.1) is 0 Å². The van der Waals surface area contributed by atoms with Crippen LogP contribution in [-0.4, -0.2) is 16.1 Å². The van der Waals surface area contributed by atoms with Gasteiger partial charge in [-0.25, -0.2) is 4.79 Å². The highest BCUT2D eigenvalue weighted by Gasteiger charge is 2.24. The Hall–Kier alpha value is -2.07. The number of pyridine rings is 1. The number of hydrogen-bond acceptors (Lipinski definition) is 3. The molecule has 134 valence electrons. The second-order valence-electron chi connectivity index (χ2n) is 6.19. The van der Waals surface area contributed by atoms with Crippen molar-refractivity contribution in [1.82, 2.24) is 4.98 Å². The molecule has 0 aliphatic rings. The van der Waals surface area contributed by atoms with Gasteiger partial charge in [0.1, 0.15) is 0 Å². The molecule has 1 heterocycles. The molecule has 0 radical (unpaired) electrons. The van der Waals surface area contributed by atoms with E-state index in [9.17, 15) is 9.90 Å². The zero-order valence-corrected chi connectivity index (χ0v) is 15.4. The summed E-state index contributed by atoms with van der Waals surface area (Å²) in [6.45, 7) is 7.78. The summed E-state index contributed by atoms with van der Waals surface area (Å²) >= 11 is 6.28. The number of benzene rings is 1. The van der Waals surface area contributed by atoms with Crippen LogP contribution in [0.4, 0.5) is 0 Å². The third-order valence-corrected chi connectivity index (χ3v) is 4.67. The summed E-state index contributed by atoms with van der Waals surface area (Å²) in [5, 5.41) is 10.7. The van der Waals surface area contributed by atoms with Gasteiger partial charge in [0, 0.05) is 21.7 Å². The summed E-state index contributed by atoms with van der Waals surface area (Å²) in [6, 6.07) is 7.21. The maximum atomic E-state index is 11.6. The van der Waals surface area contributed by atoms with E-state index in [0.29, 0.717) is 22.0 Å². The molecule has 0 saturated carbocycles. The second kappa shape index (κ2) is 8.86. The number of carboxylic acid groups (broad SMARTS) is 1. The van der Waals surface area contributed by atoms with E-state index in [1.54, 1.807) is 12.1 Å². The van der Waals surface area contributed by atoms with Crippen molar-refractivity contribution in [3.8, 4) is 0 Å². The fraction of sp³-hybridized carbons (Fsp3) is 0.400. The first-order chi connectivity index (χ1) is 12.0. The molecule has 25 heavy (non-hydrogen) atoms. The first-order valence-electron chi connectivity index (χ1n) is 8.57. The van der Waals surface area contributed by atoms with Crippen LogP contribution in [0.1, 0.15) is 62.8 Å². The van der Waals surface area contributed by atoms with Gasteiger partial charge in [0.25, 0.3) is 0 Å². The summed E-state index contributed by atoms with van der Waals surface area (Å²) in [4.78, 5) is 16.3. The number of unbranched alkanes of at least 4 members (excludes halogenated alkanes) is 2. The van der Waals surface area contributed by atoms with Crippen LogP contribution in [0.5, 0.6) is 0 Å². The lowest BCUT2D eigenvalue weighted by Gasteiger charge is -2.17. The molecule has 1 aromatic heterocycles. The van der Waals surface area contributed by atoms with Crippen LogP contribution in [0.25, 0.3) is 10.9 Å². The lowest BCUT2D eigenvalue weighted by atomic mass is 9.97. The fourth-order valence-corrected chi connectivity index (χ4v) is 3.13. The van der Waals surface area contributed by atoms with Crippen LogP contribution in [0.15, 0.2) is 37.1 Å². The average molecular weight is 362 g/mol. The summed E-state index contributed by atoms with van der Waals surface area (Å²) < 4.78 is 5.20. The van der Waals surface area contributed by atoms with Gasteiger partial charge in [0.15, 0.2) is 0 Å². The van der Waals surface area contributed by atoms with Crippen molar-refractivity contribution in [2.45, 2.75) is 51.6 Å². The van der Waals surface area contributed by atoms with Crippen molar-refractivity contribution >= 4 is 28.5 Å².